The maximum absolute atomic E-state index is 13.4. The van der Waals surface area contributed by atoms with E-state index >= 15 is 0 Å². The van der Waals surface area contributed by atoms with Crippen LogP contribution in [0, 0.1) is 0 Å². The lowest BCUT2D eigenvalue weighted by Crippen LogP contribution is -2.48. The van der Waals surface area contributed by atoms with Crippen LogP contribution in [0.15, 0.2) is 89.5 Å². The number of oxazole rings is 1. The molecule has 2 heterocycles. The van der Waals surface area contributed by atoms with Gasteiger partial charge in [-0.3, -0.25) is 4.79 Å². The highest BCUT2D eigenvalue weighted by Gasteiger charge is 2.25. The SMILES string of the molecule is COc1cccc(-c2cnc(-c3ccccc3C(=O)N3CCN(c4ccccc4)CC3)o2)c1. The molecule has 166 valence electrons. The molecule has 0 spiro atoms. The summed E-state index contributed by atoms with van der Waals surface area (Å²) in [5, 5.41) is 0. The number of para-hydroxylation sites is 1. The van der Waals surface area contributed by atoms with Gasteiger partial charge in [0.2, 0.25) is 5.89 Å². The van der Waals surface area contributed by atoms with E-state index in [1.165, 1.54) is 5.69 Å². The van der Waals surface area contributed by atoms with Gasteiger partial charge in [-0.1, -0.05) is 42.5 Å². The second-order valence-corrected chi connectivity index (χ2v) is 7.92. The van der Waals surface area contributed by atoms with Gasteiger partial charge in [0.15, 0.2) is 5.76 Å². The second kappa shape index (κ2) is 9.20. The van der Waals surface area contributed by atoms with Crippen molar-refractivity contribution in [2.75, 3.05) is 38.2 Å². The number of methoxy groups -OCH3 is 1. The van der Waals surface area contributed by atoms with E-state index in [0.717, 1.165) is 24.4 Å². The molecule has 1 saturated heterocycles. The zero-order valence-electron chi connectivity index (χ0n) is 18.5. The van der Waals surface area contributed by atoms with Crippen LogP contribution in [0.2, 0.25) is 0 Å². The third-order valence-electron chi connectivity index (χ3n) is 5.94. The van der Waals surface area contributed by atoms with Crippen LogP contribution in [-0.4, -0.2) is 49.1 Å². The average molecular weight is 440 g/mol. The summed E-state index contributed by atoms with van der Waals surface area (Å²) in [6, 6.07) is 25.4. The number of piperazine rings is 1. The van der Waals surface area contributed by atoms with Crippen LogP contribution in [0.4, 0.5) is 5.69 Å². The first-order chi connectivity index (χ1) is 16.2. The lowest BCUT2D eigenvalue weighted by molar-refractivity contribution is 0.0747. The van der Waals surface area contributed by atoms with Crippen molar-refractivity contribution in [3.8, 4) is 28.5 Å². The molecule has 1 fully saturated rings. The van der Waals surface area contributed by atoms with E-state index in [-0.39, 0.29) is 5.91 Å². The molecule has 0 atom stereocenters. The Labute approximate surface area is 193 Å². The number of ether oxygens (including phenoxy) is 1. The molecule has 4 aromatic rings. The predicted octanol–water partition coefficient (Wildman–Crippen LogP) is 4.98. The molecule has 0 unspecified atom stereocenters. The smallest absolute Gasteiger partial charge is 0.254 e. The van der Waals surface area contributed by atoms with E-state index < -0.39 is 0 Å². The Hall–Kier alpha value is -4.06. The predicted molar refractivity (Wildman–Crippen MR) is 128 cm³/mol. The normalized spacial score (nSPS) is 13.7. The maximum atomic E-state index is 13.4. The van der Waals surface area contributed by atoms with E-state index in [2.05, 4.69) is 22.0 Å². The largest absolute Gasteiger partial charge is 0.497 e. The first kappa shape index (κ1) is 20.8. The Balaban J connectivity index is 1.35. The molecule has 6 heteroatoms. The Morgan fingerprint density at radius 2 is 1.67 bits per heavy atom. The van der Waals surface area contributed by atoms with Crippen LogP contribution in [0.1, 0.15) is 10.4 Å². The number of rotatable bonds is 5. The van der Waals surface area contributed by atoms with E-state index in [4.69, 9.17) is 9.15 Å². The van der Waals surface area contributed by atoms with Crippen molar-refractivity contribution in [3.63, 3.8) is 0 Å². The Morgan fingerprint density at radius 1 is 0.909 bits per heavy atom. The summed E-state index contributed by atoms with van der Waals surface area (Å²) in [4.78, 5) is 22.1. The Kier molecular flexibility index (Phi) is 5.81. The summed E-state index contributed by atoms with van der Waals surface area (Å²) in [5.74, 6) is 1.80. The van der Waals surface area contributed by atoms with Crippen molar-refractivity contribution in [2.24, 2.45) is 0 Å². The topological polar surface area (TPSA) is 58.8 Å². The summed E-state index contributed by atoms with van der Waals surface area (Å²) >= 11 is 0. The summed E-state index contributed by atoms with van der Waals surface area (Å²) in [6.07, 6.45) is 1.68. The number of carbonyl (C=O) groups is 1. The van der Waals surface area contributed by atoms with Gasteiger partial charge in [-0.05, 0) is 36.4 Å². The molecule has 0 aliphatic carbocycles. The molecule has 1 amide bonds. The number of amides is 1. The van der Waals surface area contributed by atoms with Gasteiger partial charge in [0.25, 0.3) is 5.91 Å². The fourth-order valence-corrected chi connectivity index (χ4v) is 4.14. The van der Waals surface area contributed by atoms with Gasteiger partial charge in [-0.25, -0.2) is 4.98 Å². The van der Waals surface area contributed by atoms with Crippen LogP contribution < -0.4 is 9.64 Å². The minimum atomic E-state index is -0.000517. The van der Waals surface area contributed by atoms with E-state index in [9.17, 15) is 4.79 Å². The van der Waals surface area contributed by atoms with Crippen LogP contribution >= 0.6 is 0 Å². The fourth-order valence-electron chi connectivity index (χ4n) is 4.14. The van der Waals surface area contributed by atoms with Crippen molar-refractivity contribution in [1.82, 2.24) is 9.88 Å². The van der Waals surface area contributed by atoms with E-state index in [0.29, 0.717) is 35.9 Å². The van der Waals surface area contributed by atoms with Gasteiger partial charge < -0.3 is 19.0 Å². The van der Waals surface area contributed by atoms with Gasteiger partial charge in [-0.15, -0.1) is 0 Å². The molecule has 0 N–H and O–H groups in total. The zero-order valence-corrected chi connectivity index (χ0v) is 18.5. The van der Waals surface area contributed by atoms with Crippen LogP contribution in [0.5, 0.6) is 5.75 Å². The third kappa shape index (κ3) is 4.32. The zero-order chi connectivity index (χ0) is 22.6. The van der Waals surface area contributed by atoms with Crippen molar-refractivity contribution in [2.45, 2.75) is 0 Å². The summed E-state index contributed by atoms with van der Waals surface area (Å²) in [7, 11) is 1.63. The molecule has 0 saturated carbocycles. The highest BCUT2D eigenvalue weighted by molar-refractivity contribution is 6.00. The maximum Gasteiger partial charge on any atom is 0.254 e. The number of benzene rings is 3. The first-order valence-corrected chi connectivity index (χ1v) is 11.0. The molecule has 0 bridgehead atoms. The minimum Gasteiger partial charge on any atom is -0.497 e. The van der Waals surface area contributed by atoms with Gasteiger partial charge >= 0.3 is 0 Å². The second-order valence-electron chi connectivity index (χ2n) is 7.92. The van der Waals surface area contributed by atoms with Crippen LogP contribution in [0.3, 0.4) is 0 Å². The first-order valence-electron chi connectivity index (χ1n) is 11.0. The lowest BCUT2D eigenvalue weighted by Gasteiger charge is -2.36. The number of hydrogen-bond acceptors (Lipinski definition) is 5. The fraction of sp³-hybridized carbons (Fsp3) is 0.185. The number of hydrogen-bond donors (Lipinski definition) is 0. The molecule has 1 aromatic heterocycles. The molecular weight excluding hydrogens is 414 g/mol. The molecule has 6 nitrogen and oxygen atoms in total. The van der Waals surface area contributed by atoms with Crippen LogP contribution in [0.25, 0.3) is 22.8 Å². The monoisotopic (exact) mass is 439 g/mol. The van der Waals surface area contributed by atoms with Gasteiger partial charge in [0.1, 0.15) is 5.75 Å². The molecular formula is C27H25N3O3. The van der Waals surface area contributed by atoms with Gasteiger partial charge in [-0.2, -0.15) is 0 Å². The number of nitrogens with zero attached hydrogens (tertiary/aromatic N) is 3. The van der Waals surface area contributed by atoms with E-state index in [1.54, 1.807) is 13.3 Å². The van der Waals surface area contributed by atoms with Crippen molar-refractivity contribution < 1.29 is 13.9 Å². The lowest BCUT2D eigenvalue weighted by atomic mass is 10.1. The Bertz CT molecular complexity index is 1240. The standard InChI is InChI=1S/C27H25N3O3/c1-32-22-11-7-8-20(18-22)25-19-28-26(33-25)23-12-5-6-13-24(23)27(31)30-16-14-29(15-17-30)21-9-3-2-4-10-21/h2-13,18-19H,14-17H2,1H3. The summed E-state index contributed by atoms with van der Waals surface area (Å²) in [5.41, 5.74) is 3.36. The molecule has 3 aromatic carbocycles. The molecule has 33 heavy (non-hydrogen) atoms. The molecule has 0 radical (unpaired) electrons. The number of anilines is 1. The van der Waals surface area contributed by atoms with Crippen LogP contribution in [-0.2, 0) is 0 Å². The molecule has 5 rings (SSSR count). The summed E-state index contributed by atoms with van der Waals surface area (Å²) < 4.78 is 11.4. The number of carbonyl (C=O) groups excluding carboxylic acids is 1. The van der Waals surface area contributed by atoms with Crippen molar-refractivity contribution in [3.05, 3.63) is 90.6 Å². The molecule has 1 aliphatic rings. The summed E-state index contributed by atoms with van der Waals surface area (Å²) in [6.45, 7) is 2.94. The average Bonchev–Trinajstić information content (AvgIpc) is 3.39. The van der Waals surface area contributed by atoms with Gasteiger partial charge in [0, 0.05) is 43.0 Å². The van der Waals surface area contributed by atoms with E-state index in [1.807, 2.05) is 71.6 Å². The minimum absolute atomic E-state index is 0.000517. The van der Waals surface area contributed by atoms with Gasteiger partial charge in [0.05, 0.1) is 18.9 Å². The number of aromatic nitrogens is 1. The highest BCUT2D eigenvalue weighted by Crippen LogP contribution is 2.30. The Morgan fingerprint density at radius 3 is 2.45 bits per heavy atom. The van der Waals surface area contributed by atoms with Crippen molar-refractivity contribution >= 4 is 11.6 Å². The third-order valence-corrected chi connectivity index (χ3v) is 5.94. The van der Waals surface area contributed by atoms with Crippen molar-refractivity contribution in [1.29, 1.82) is 0 Å². The molecule has 1 aliphatic heterocycles. The highest BCUT2D eigenvalue weighted by atomic mass is 16.5. The quantitative estimate of drug-likeness (QED) is 0.439.